The minimum atomic E-state index is 0. The second-order valence-electron chi connectivity index (χ2n) is 6.45. The molecule has 1 aromatic carbocycles. The first-order valence-electron chi connectivity index (χ1n) is 9.12. The molecule has 0 saturated heterocycles. The zero-order valence-electron chi connectivity index (χ0n) is 16.2. The van der Waals surface area contributed by atoms with E-state index in [0.717, 1.165) is 43.2 Å². The van der Waals surface area contributed by atoms with E-state index >= 15 is 0 Å². The van der Waals surface area contributed by atoms with Crippen molar-refractivity contribution < 1.29 is 0 Å². The Morgan fingerprint density at radius 3 is 2.56 bits per heavy atom. The van der Waals surface area contributed by atoms with Crippen LogP contribution in [0, 0.1) is 0 Å². The van der Waals surface area contributed by atoms with E-state index in [-0.39, 0.29) is 24.0 Å². The minimum absolute atomic E-state index is 0. The average Bonchev–Trinajstić information content (AvgIpc) is 3.08. The molecule has 2 heterocycles. The molecule has 0 amide bonds. The molecule has 1 N–H and O–H groups in total. The van der Waals surface area contributed by atoms with Crippen LogP contribution in [0.15, 0.2) is 59.9 Å². The Kier molecular flexibility index (Phi) is 8.09. The van der Waals surface area contributed by atoms with Crippen LogP contribution in [-0.4, -0.2) is 40.9 Å². The number of rotatable bonds is 6. The molecule has 0 unspecified atom stereocenters. The van der Waals surface area contributed by atoms with E-state index in [1.54, 1.807) is 0 Å². The highest BCUT2D eigenvalue weighted by atomic mass is 127. The molecule has 3 rings (SSSR count). The maximum atomic E-state index is 4.63. The highest BCUT2D eigenvalue weighted by Gasteiger charge is 2.07. The third-order valence-corrected chi connectivity index (χ3v) is 4.50. The molecule has 2 aromatic heterocycles. The first-order chi connectivity index (χ1) is 12.7. The Hall–Kier alpha value is -2.09. The van der Waals surface area contributed by atoms with E-state index in [1.807, 2.05) is 31.4 Å². The monoisotopic (exact) mass is 477 g/mol. The van der Waals surface area contributed by atoms with Gasteiger partial charge in [-0.3, -0.25) is 4.99 Å². The number of guanidine groups is 1. The molecular weight excluding hydrogens is 449 g/mol. The van der Waals surface area contributed by atoms with Crippen molar-refractivity contribution in [1.29, 1.82) is 0 Å². The van der Waals surface area contributed by atoms with Crippen molar-refractivity contribution in [3.63, 3.8) is 0 Å². The number of fused-ring (bicyclic) bond motifs is 1. The standard InChI is InChI=1S/C21H27N5.HI/c1-4-17-8-10-18(11-9-17)15-25(3)21(22-2)23-13-12-19-16-26-14-6-5-7-20(26)24-19;/h5-11,14,16H,4,12-13,15H2,1-3H3,(H,22,23);1H. The van der Waals surface area contributed by atoms with Gasteiger partial charge in [-0.15, -0.1) is 24.0 Å². The lowest BCUT2D eigenvalue weighted by Crippen LogP contribution is -2.39. The van der Waals surface area contributed by atoms with Gasteiger partial charge in [0.15, 0.2) is 5.96 Å². The van der Waals surface area contributed by atoms with Gasteiger partial charge in [-0.05, 0) is 29.7 Å². The van der Waals surface area contributed by atoms with Gasteiger partial charge < -0.3 is 14.6 Å². The maximum absolute atomic E-state index is 4.63. The molecule has 0 aliphatic heterocycles. The lowest BCUT2D eigenvalue weighted by atomic mass is 10.1. The van der Waals surface area contributed by atoms with Crippen molar-refractivity contribution in [3.05, 3.63) is 71.7 Å². The second kappa shape index (κ2) is 10.3. The van der Waals surface area contributed by atoms with Gasteiger partial charge in [0.2, 0.25) is 0 Å². The van der Waals surface area contributed by atoms with Gasteiger partial charge in [-0.25, -0.2) is 4.98 Å². The summed E-state index contributed by atoms with van der Waals surface area (Å²) in [5, 5.41) is 3.43. The first-order valence-corrected chi connectivity index (χ1v) is 9.12. The van der Waals surface area contributed by atoms with Crippen molar-refractivity contribution in [2.75, 3.05) is 20.6 Å². The molecule has 0 atom stereocenters. The largest absolute Gasteiger partial charge is 0.356 e. The Morgan fingerprint density at radius 1 is 1.15 bits per heavy atom. The van der Waals surface area contributed by atoms with Gasteiger partial charge in [0.1, 0.15) is 5.65 Å². The summed E-state index contributed by atoms with van der Waals surface area (Å²) in [7, 11) is 3.89. The average molecular weight is 477 g/mol. The van der Waals surface area contributed by atoms with Crippen LogP contribution in [0.4, 0.5) is 0 Å². The Balaban J connectivity index is 0.00000261. The zero-order chi connectivity index (χ0) is 18.4. The quantitative estimate of drug-likeness (QED) is 0.334. The summed E-state index contributed by atoms with van der Waals surface area (Å²) >= 11 is 0. The van der Waals surface area contributed by atoms with Crippen LogP contribution in [0.1, 0.15) is 23.7 Å². The molecule has 27 heavy (non-hydrogen) atoms. The van der Waals surface area contributed by atoms with E-state index in [4.69, 9.17) is 0 Å². The lowest BCUT2D eigenvalue weighted by molar-refractivity contribution is 0.477. The van der Waals surface area contributed by atoms with Gasteiger partial charge in [0.05, 0.1) is 5.69 Å². The van der Waals surface area contributed by atoms with E-state index in [2.05, 4.69) is 69.0 Å². The molecule has 0 radical (unpaired) electrons. The van der Waals surface area contributed by atoms with E-state index < -0.39 is 0 Å². The molecule has 144 valence electrons. The molecule has 6 heteroatoms. The maximum Gasteiger partial charge on any atom is 0.193 e. The number of hydrogen-bond acceptors (Lipinski definition) is 2. The van der Waals surface area contributed by atoms with Crippen molar-refractivity contribution in [2.24, 2.45) is 4.99 Å². The highest BCUT2D eigenvalue weighted by molar-refractivity contribution is 14.0. The fourth-order valence-corrected chi connectivity index (χ4v) is 3.02. The SMILES string of the molecule is CCc1ccc(CN(C)C(=NC)NCCc2cn3ccccc3n2)cc1.I. The predicted octanol–water partition coefficient (Wildman–Crippen LogP) is 3.76. The van der Waals surface area contributed by atoms with Crippen molar-refractivity contribution in [2.45, 2.75) is 26.3 Å². The third kappa shape index (κ3) is 5.69. The molecule has 0 saturated carbocycles. The van der Waals surface area contributed by atoms with Crippen LogP contribution in [0.25, 0.3) is 5.65 Å². The van der Waals surface area contributed by atoms with Gasteiger partial charge in [0, 0.05) is 46.0 Å². The Labute approximate surface area is 178 Å². The van der Waals surface area contributed by atoms with Crippen molar-refractivity contribution >= 4 is 35.6 Å². The van der Waals surface area contributed by atoms with Crippen LogP contribution >= 0.6 is 24.0 Å². The van der Waals surface area contributed by atoms with Crippen molar-refractivity contribution in [1.82, 2.24) is 19.6 Å². The summed E-state index contributed by atoms with van der Waals surface area (Å²) < 4.78 is 2.05. The molecule has 5 nitrogen and oxygen atoms in total. The number of pyridine rings is 1. The van der Waals surface area contributed by atoms with Gasteiger partial charge >= 0.3 is 0 Å². The number of nitrogens with one attached hydrogen (secondary N) is 1. The summed E-state index contributed by atoms with van der Waals surface area (Å²) in [5.74, 6) is 0.897. The fraction of sp³-hybridized carbons (Fsp3) is 0.333. The molecule has 0 aliphatic rings. The molecule has 3 aromatic rings. The number of halogens is 1. The van der Waals surface area contributed by atoms with Gasteiger partial charge in [0.25, 0.3) is 0 Å². The second-order valence-corrected chi connectivity index (χ2v) is 6.45. The summed E-state index contributed by atoms with van der Waals surface area (Å²) in [6, 6.07) is 14.8. The first kappa shape index (κ1) is 21.2. The van der Waals surface area contributed by atoms with Crippen LogP contribution in [0.3, 0.4) is 0 Å². The topological polar surface area (TPSA) is 44.9 Å². The summed E-state index contributed by atoms with van der Waals surface area (Å²) in [6.07, 6.45) is 6.04. The van der Waals surface area contributed by atoms with E-state index in [9.17, 15) is 0 Å². The number of nitrogens with zero attached hydrogens (tertiary/aromatic N) is 4. The van der Waals surface area contributed by atoms with Crippen LogP contribution in [0.5, 0.6) is 0 Å². The third-order valence-electron chi connectivity index (χ3n) is 4.50. The number of aliphatic imine (C=N–C) groups is 1. The minimum Gasteiger partial charge on any atom is -0.356 e. The summed E-state index contributed by atoms with van der Waals surface area (Å²) in [5.41, 5.74) is 4.72. The number of imidazole rings is 1. The molecule has 0 spiro atoms. The lowest BCUT2D eigenvalue weighted by Gasteiger charge is -2.22. The number of benzene rings is 1. The molecule has 0 aliphatic carbocycles. The van der Waals surface area contributed by atoms with E-state index in [0.29, 0.717) is 0 Å². The summed E-state index contributed by atoms with van der Waals surface area (Å²) in [4.78, 5) is 11.2. The molecule has 0 fully saturated rings. The number of hydrogen-bond donors (Lipinski definition) is 1. The molecular formula is C21H28IN5. The van der Waals surface area contributed by atoms with Crippen molar-refractivity contribution in [3.8, 4) is 0 Å². The molecule has 0 bridgehead atoms. The number of aryl methyl sites for hydroxylation is 1. The smallest absolute Gasteiger partial charge is 0.193 e. The number of aromatic nitrogens is 2. The normalized spacial score (nSPS) is 11.3. The van der Waals surface area contributed by atoms with E-state index in [1.165, 1.54) is 11.1 Å². The van der Waals surface area contributed by atoms with Crippen LogP contribution in [-0.2, 0) is 19.4 Å². The highest BCUT2D eigenvalue weighted by Crippen LogP contribution is 2.08. The van der Waals surface area contributed by atoms with Gasteiger partial charge in [-0.2, -0.15) is 0 Å². The Bertz CT molecular complexity index is 837. The van der Waals surface area contributed by atoms with Crippen LogP contribution in [0.2, 0.25) is 0 Å². The summed E-state index contributed by atoms with van der Waals surface area (Å²) in [6.45, 7) is 3.81. The van der Waals surface area contributed by atoms with Crippen LogP contribution < -0.4 is 5.32 Å². The zero-order valence-corrected chi connectivity index (χ0v) is 18.6. The Morgan fingerprint density at radius 2 is 1.89 bits per heavy atom. The predicted molar refractivity (Wildman–Crippen MR) is 123 cm³/mol. The van der Waals surface area contributed by atoms with Gasteiger partial charge in [-0.1, -0.05) is 37.3 Å². The fourth-order valence-electron chi connectivity index (χ4n) is 3.02.